The number of amides is 2. The first-order valence-electron chi connectivity index (χ1n) is 8.63. The molecule has 2 aromatic carbocycles. The van der Waals surface area contributed by atoms with Crippen LogP contribution in [0.4, 0.5) is 11.4 Å². The van der Waals surface area contributed by atoms with Crippen molar-refractivity contribution in [2.24, 2.45) is 5.92 Å². The second kappa shape index (κ2) is 7.82. The SMILES string of the molecule is CC(C)C(=O)Nc1ccc(NC(=O)CCn2cnc3ccccc32)cc1. The van der Waals surface area contributed by atoms with Gasteiger partial charge in [-0.15, -0.1) is 0 Å². The molecule has 0 aliphatic heterocycles. The third-order valence-corrected chi connectivity index (χ3v) is 4.07. The molecule has 1 aromatic heterocycles. The minimum Gasteiger partial charge on any atom is -0.330 e. The fourth-order valence-electron chi connectivity index (χ4n) is 2.56. The van der Waals surface area contributed by atoms with Gasteiger partial charge in [-0.3, -0.25) is 9.59 Å². The molecule has 0 saturated carbocycles. The van der Waals surface area contributed by atoms with Crippen molar-refractivity contribution in [3.8, 4) is 0 Å². The summed E-state index contributed by atoms with van der Waals surface area (Å²) in [4.78, 5) is 28.2. The Labute approximate surface area is 152 Å². The van der Waals surface area contributed by atoms with E-state index in [9.17, 15) is 9.59 Å². The Kier molecular flexibility index (Phi) is 5.31. The monoisotopic (exact) mass is 350 g/mol. The molecule has 0 unspecified atom stereocenters. The van der Waals surface area contributed by atoms with Crippen LogP contribution in [0.5, 0.6) is 0 Å². The largest absolute Gasteiger partial charge is 0.330 e. The highest BCUT2D eigenvalue weighted by Gasteiger charge is 2.08. The van der Waals surface area contributed by atoms with E-state index in [2.05, 4.69) is 15.6 Å². The summed E-state index contributed by atoms with van der Waals surface area (Å²) in [5, 5.41) is 5.69. The van der Waals surface area contributed by atoms with Crippen LogP contribution in [0.2, 0.25) is 0 Å². The first-order valence-corrected chi connectivity index (χ1v) is 8.63. The van der Waals surface area contributed by atoms with Crippen molar-refractivity contribution in [1.82, 2.24) is 9.55 Å². The van der Waals surface area contributed by atoms with Gasteiger partial charge in [-0.1, -0.05) is 26.0 Å². The number of para-hydroxylation sites is 2. The quantitative estimate of drug-likeness (QED) is 0.712. The summed E-state index contributed by atoms with van der Waals surface area (Å²) < 4.78 is 1.97. The molecule has 2 amide bonds. The van der Waals surface area contributed by atoms with E-state index in [-0.39, 0.29) is 17.7 Å². The molecule has 6 heteroatoms. The van der Waals surface area contributed by atoms with Gasteiger partial charge in [-0.2, -0.15) is 0 Å². The number of carbonyl (C=O) groups excluding carboxylic acids is 2. The summed E-state index contributed by atoms with van der Waals surface area (Å²) in [6, 6.07) is 15.0. The number of hydrogen-bond acceptors (Lipinski definition) is 3. The Morgan fingerprint density at radius 3 is 2.35 bits per heavy atom. The topological polar surface area (TPSA) is 76.0 Å². The van der Waals surface area contributed by atoms with Gasteiger partial charge in [0.25, 0.3) is 0 Å². The van der Waals surface area contributed by atoms with Crippen LogP contribution in [0.15, 0.2) is 54.9 Å². The van der Waals surface area contributed by atoms with Crippen LogP contribution in [0, 0.1) is 5.92 Å². The second-order valence-corrected chi connectivity index (χ2v) is 6.45. The Hall–Kier alpha value is -3.15. The van der Waals surface area contributed by atoms with E-state index in [1.54, 1.807) is 30.6 Å². The van der Waals surface area contributed by atoms with Crippen molar-refractivity contribution in [3.63, 3.8) is 0 Å². The van der Waals surface area contributed by atoms with Gasteiger partial charge < -0.3 is 15.2 Å². The third-order valence-electron chi connectivity index (χ3n) is 4.07. The van der Waals surface area contributed by atoms with Crippen LogP contribution in [0.1, 0.15) is 20.3 Å². The number of nitrogens with zero attached hydrogens (tertiary/aromatic N) is 2. The highest BCUT2D eigenvalue weighted by molar-refractivity contribution is 5.93. The summed E-state index contributed by atoms with van der Waals surface area (Å²) >= 11 is 0. The molecule has 0 spiro atoms. The first-order chi connectivity index (χ1) is 12.5. The summed E-state index contributed by atoms with van der Waals surface area (Å²) in [6.07, 6.45) is 2.11. The molecule has 0 saturated heterocycles. The highest BCUT2D eigenvalue weighted by atomic mass is 16.2. The minimum absolute atomic E-state index is 0.0330. The predicted molar refractivity (Wildman–Crippen MR) is 103 cm³/mol. The maximum atomic E-state index is 12.2. The number of benzene rings is 2. The van der Waals surface area contributed by atoms with Crippen molar-refractivity contribution in [1.29, 1.82) is 0 Å². The molecule has 0 radical (unpaired) electrons. The van der Waals surface area contributed by atoms with E-state index < -0.39 is 0 Å². The molecular formula is C20H22N4O2. The molecule has 0 aliphatic carbocycles. The van der Waals surface area contributed by atoms with Crippen LogP contribution in [-0.4, -0.2) is 21.4 Å². The summed E-state index contributed by atoms with van der Waals surface area (Å²) in [5.41, 5.74) is 3.36. The van der Waals surface area contributed by atoms with Gasteiger partial charge in [0.05, 0.1) is 17.4 Å². The number of carbonyl (C=O) groups is 2. The van der Waals surface area contributed by atoms with Crippen LogP contribution < -0.4 is 10.6 Å². The van der Waals surface area contributed by atoms with E-state index in [1.165, 1.54) is 0 Å². The van der Waals surface area contributed by atoms with Gasteiger partial charge in [0.1, 0.15) is 0 Å². The lowest BCUT2D eigenvalue weighted by atomic mass is 10.2. The molecule has 26 heavy (non-hydrogen) atoms. The van der Waals surface area contributed by atoms with Crippen molar-refractivity contribution in [2.45, 2.75) is 26.8 Å². The fraction of sp³-hybridized carbons (Fsp3) is 0.250. The first kappa shape index (κ1) is 17.7. The number of anilines is 2. The van der Waals surface area contributed by atoms with Crippen LogP contribution in [-0.2, 0) is 16.1 Å². The molecule has 3 rings (SSSR count). The molecule has 0 atom stereocenters. The second-order valence-electron chi connectivity index (χ2n) is 6.45. The molecule has 1 heterocycles. The average Bonchev–Trinajstić information content (AvgIpc) is 3.05. The summed E-state index contributed by atoms with van der Waals surface area (Å²) in [6.45, 7) is 4.25. The number of aryl methyl sites for hydroxylation is 1. The maximum Gasteiger partial charge on any atom is 0.226 e. The third kappa shape index (κ3) is 4.27. The average molecular weight is 350 g/mol. The number of rotatable bonds is 6. The van der Waals surface area contributed by atoms with Crippen molar-refractivity contribution < 1.29 is 9.59 Å². The standard InChI is InChI=1S/C20H22N4O2/c1-14(2)20(26)23-16-9-7-15(8-10-16)22-19(25)11-12-24-13-21-17-5-3-4-6-18(17)24/h3-10,13-14H,11-12H2,1-2H3,(H,22,25)(H,23,26). The molecule has 2 N–H and O–H groups in total. The molecule has 6 nitrogen and oxygen atoms in total. The zero-order chi connectivity index (χ0) is 18.5. The molecule has 3 aromatic rings. The summed E-state index contributed by atoms with van der Waals surface area (Å²) in [5.74, 6) is -0.176. The molecular weight excluding hydrogens is 328 g/mol. The van der Waals surface area contributed by atoms with Gasteiger partial charge in [0, 0.05) is 30.3 Å². The van der Waals surface area contributed by atoms with E-state index in [1.807, 2.05) is 42.7 Å². The van der Waals surface area contributed by atoms with Gasteiger partial charge in [0.15, 0.2) is 0 Å². The molecule has 134 valence electrons. The van der Waals surface area contributed by atoms with Crippen molar-refractivity contribution >= 4 is 34.2 Å². The van der Waals surface area contributed by atoms with Gasteiger partial charge in [-0.25, -0.2) is 4.98 Å². The van der Waals surface area contributed by atoms with Crippen molar-refractivity contribution in [3.05, 3.63) is 54.9 Å². The van der Waals surface area contributed by atoms with E-state index >= 15 is 0 Å². The lowest BCUT2D eigenvalue weighted by Gasteiger charge is -2.10. The fourth-order valence-corrected chi connectivity index (χ4v) is 2.56. The number of aromatic nitrogens is 2. The zero-order valence-corrected chi connectivity index (χ0v) is 14.9. The summed E-state index contributed by atoms with van der Waals surface area (Å²) in [7, 11) is 0. The maximum absolute atomic E-state index is 12.2. The van der Waals surface area contributed by atoms with E-state index in [0.717, 1.165) is 11.0 Å². The minimum atomic E-state index is -0.0753. The molecule has 0 fully saturated rings. The Morgan fingerprint density at radius 2 is 1.65 bits per heavy atom. The van der Waals surface area contributed by atoms with Gasteiger partial charge in [-0.05, 0) is 36.4 Å². The van der Waals surface area contributed by atoms with Crippen LogP contribution >= 0.6 is 0 Å². The number of fused-ring (bicyclic) bond motifs is 1. The van der Waals surface area contributed by atoms with E-state index in [0.29, 0.717) is 24.3 Å². The molecule has 0 aliphatic rings. The van der Waals surface area contributed by atoms with Crippen LogP contribution in [0.25, 0.3) is 11.0 Å². The zero-order valence-electron chi connectivity index (χ0n) is 14.9. The normalized spacial score (nSPS) is 10.9. The smallest absolute Gasteiger partial charge is 0.226 e. The lowest BCUT2D eigenvalue weighted by molar-refractivity contribution is -0.119. The Morgan fingerprint density at radius 1 is 1.00 bits per heavy atom. The van der Waals surface area contributed by atoms with E-state index in [4.69, 9.17) is 0 Å². The number of imidazole rings is 1. The van der Waals surface area contributed by atoms with Crippen molar-refractivity contribution in [2.75, 3.05) is 10.6 Å². The molecule has 0 bridgehead atoms. The predicted octanol–water partition coefficient (Wildman–Crippen LogP) is 3.66. The number of hydrogen-bond donors (Lipinski definition) is 2. The Balaban J connectivity index is 1.54. The van der Waals surface area contributed by atoms with Gasteiger partial charge >= 0.3 is 0 Å². The highest BCUT2D eigenvalue weighted by Crippen LogP contribution is 2.16. The van der Waals surface area contributed by atoms with Crippen LogP contribution in [0.3, 0.4) is 0 Å². The van der Waals surface area contributed by atoms with Gasteiger partial charge in [0.2, 0.25) is 11.8 Å². The Bertz CT molecular complexity index is 913. The lowest BCUT2D eigenvalue weighted by Crippen LogP contribution is -2.17. The number of nitrogens with one attached hydrogen (secondary N) is 2.